The minimum Gasteiger partial charge on any atom is -0.348 e. The molecule has 2 aromatic rings. The Hall–Kier alpha value is -1.92. The van der Waals surface area contributed by atoms with Crippen LogP contribution in [0.4, 0.5) is 0 Å². The predicted molar refractivity (Wildman–Crippen MR) is 104 cm³/mol. The lowest BCUT2D eigenvalue weighted by molar-refractivity contribution is 0.0867. The van der Waals surface area contributed by atoms with E-state index in [-0.39, 0.29) is 23.0 Å². The van der Waals surface area contributed by atoms with Gasteiger partial charge < -0.3 is 19.9 Å². The van der Waals surface area contributed by atoms with Gasteiger partial charge in [0.05, 0.1) is 5.69 Å². The summed E-state index contributed by atoms with van der Waals surface area (Å²) in [5, 5.41) is 6.90. The maximum absolute atomic E-state index is 13.1. The van der Waals surface area contributed by atoms with Gasteiger partial charge in [0.15, 0.2) is 5.69 Å². The van der Waals surface area contributed by atoms with Crippen LogP contribution in [0.2, 0.25) is 0 Å². The number of hydrogen-bond donors (Lipinski definition) is 2. The van der Waals surface area contributed by atoms with Crippen molar-refractivity contribution < 1.29 is 4.79 Å². The Kier molecular flexibility index (Phi) is 4.84. The molecule has 2 N–H and O–H groups in total. The van der Waals surface area contributed by atoms with Gasteiger partial charge in [0.2, 0.25) is 0 Å². The van der Waals surface area contributed by atoms with Gasteiger partial charge in [-0.2, -0.15) is 0 Å². The highest BCUT2D eigenvalue weighted by molar-refractivity contribution is 5.94. The molecule has 1 fully saturated rings. The summed E-state index contributed by atoms with van der Waals surface area (Å²) in [5.41, 5.74) is 2.24. The van der Waals surface area contributed by atoms with Gasteiger partial charge in [0, 0.05) is 29.9 Å². The molecular formula is C20H31N5O. The van der Waals surface area contributed by atoms with Gasteiger partial charge in [0.25, 0.3) is 5.91 Å². The minimum absolute atomic E-state index is 0.00885. The number of amides is 1. The van der Waals surface area contributed by atoms with Crippen LogP contribution >= 0.6 is 0 Å². The number of nitrogens with one attached hydrogen (secondary N) is 2. The van der Waals surface area contributed by atoms with E-state index < -0.39 is 0 Å². The maximum Gasteiger partial charge on any atom is 0.272 e. The van der Waals surface area contributed by atoms with Crippen molar-refractivity contribution in [3.63, 3.8) is 0 Å². The molecule has 6 nitrogen and oxygen atoms in total. The molecule has 0 bridgehead atoms. The minimum atomic E-state index is -0.0796. The zero-order chi connectivity index (χ0) is 19.1. The summed E-state index contributed by atoms with van der Waals surface area (Å²) < 4.78 is 2.01. The molecular weight excluding hydrogens is 326 g/mol. The van der Waals surface area contributed by atoms with Gasteiger partial charge >= 0.3 is 0 Å². The average molecular weight is 358 g/mol. The zero-order valence-electron chi connectivity index (χ0n) is 16.8. The third kappa shape index (κ3) is 4.07. The summed E-state index contributed by atoms with van der Waals surface area (Å²) in [7, 11) is 4.00. The lowest BCUT2D eigenvalue weighted by Gasteiger charge is -2.46. The number of hydrogen-bond acceptors (Lipinski definition) is 4. The zero-order valence-corrected chi connectivity index (χ0v) is 16.8. The quantitative estimate of drug-likeness (QED) is 0.882. The van der Waals surface area contributed by atoms with Gasteiger partial charge in [-0.05, 0) is 66.8 Å². The van der Waals surface area contributed by atoms with Crippen LogP contribution in [-0.2, 0) is 6.54 Å². The second kappa shape index (κ2) is 6.67. The molecule has 2 aromatic heterocycles. The first-order valence-electron chi connectivity index (χ1n) is 9.27. The molecule has 1 amide bonds. The van der Waals surface area contributed by atoms with Crippen molar-refractivity contribution in [2.45, 2.75) is 64.2 Å². The third-order valence-electron chi connectivity index (χ3n) is 4.84. The Balaban J connectivity index is 1.88. The highest BCUT2D eigenvalue weighted by Gasteiger charge is 2.38. The molecule has 1 aliphatic heterocycles. The van der Waals surface area contributed by atoms with Crippen LogP contribution in [0.5, 0.6) is 0 Å². The van der Waals surface area contributed by atoms with Gasteiger partial charge in [-0.3, -0.25) is 4.79 Å². The fourth-order valence-corrected chi connectivity index (χ4v) is 4.36. The number of nitrogens with zero attached hydrogens (tertiary/aromatic N) is 3. The fraction of sp³-hybridized carbons (Fsp3) is 0.600. The van der Waals surface area contributed by atoms with Crippen molar-refractivity contribution in [2.75, 3.05) is 14.1 Å². The Labute approximate surface area is 156 Å². The first-order chi connectivity index (χ1) is 12.1. The second-order valence-corrected chi connectivity index (χ2v) is 9.05. The van der Waals surface area contributed by atoms with Crippen molar-refractivity contribution in [3.05, 3.63) is 35.8 Å². The first-order valence-corrected chi connectivity index (χ1v) is 9.27. The van der Waals surface area contributed by atoms with Crippen LogP contribution in [0.1, 0.15) is 56.7 Å². The van der Waals surface area contributed by atoms with Crippen molar-refractivity contribution in [2.24, 2.45) is 0 Å². The molecule has 0 spiro atoms. The number of piperidine rings is 1. The van der Waals surface area contributed by atoms with E-state index in [0.29, 0.717) is 12.2 Å². The van der Waals surface area contributed by atoms with Gasteiger partial charge in [0.1, 0.15) is 5.65 Å². The third-order valence-corrected chi connectivity index (χ3v) is 4.84. The number of carbonyl (C=O) groups excluding carboxylic acids is 1. The van der Waals surface area contributed by atoms with Crippen LogP contribution in [0.3, 0.4) is 0 Å². The molecule has 1 aliphatic rings. The Morgan fingerprint density at radius 3 is 2.54 bits per heavy atom. The fourth-order valence-electron chi connectivity index (χ4n) is 4.36. The monoisotopic (exact) mass is 357 g/mol. The van der Waals surface area contributed by atoms with E-state index in [9.17, 15) is 4.79 Å². The highest BCUT2D eigenvalue weighted by atomic mass is 16.2. The smallest absolute Gasteiger partial charge is 0.272 e. The summed E-state index contributed by atoms with van der Waals surface area (Å²) in [6, 6.07) is 5.98. The number of aromatic nitrogens is 2. The van der Waals surface area contributed by atoms with Crippen molar-refractivity contribution in [1.82, 2.24) is 24.9 Å². The van der Waals surface area contributed by atoms with E-state index >= 15 is 0 Å². The SMILES string of the molecule is CN(C)Cc1c(C(=O)NC2CC(C)(C)NC(C)(C)C2)nc2ccccn12. The predicted octanol–water partition coefficient (Wildman–Crippen LogP) is 2.43. The molecule has 26 heavy (non-hydrogen) atoms. The summed E-state index contributed by atoms with van der Waals surface area (Å²) in [5.74, 6) is -0.0796. The number of fused-ring (bicyclic) bond motifs is 1. The van der Waals surface area contributed by atoms with Crippen molar-refractivity contribution in [1.29, 1.82) is 0 Å². The number of carbonyl (C=O) groups is 1. The molecule has 0 aromatic carbocycles. The summed E-state index contributed by atoms with van der Waals surface area (Å²) in [4.78, 5) is 19.8. The van der Waals surface area contributed by atoms with E-state index in [1.54, 1.807) is 0 Å². The van der Waals surface area contributed by atoms with Crippen molar-refractivity contribution >= 4 is 11.6 Å². The normalized spacial score (nSPS) is 19.8. The number of rotatable bonds is 4. The Bertz CT molecular complexity index is 790. The summed E-state index contributed by atoms with van der Waals surface area (Å²) in [6.07, 6.45) is 3.77. The molecule has 1 saturated heterocycles. The first kappa shape index (κ1) is 18.9. The molecule has 0 saturated carbocycles. The van der Waals surface area contributed by atoms with E-state index in [4.69, 9.17) is 0 Å². The highest BCUT2D eigenvalue weighted by Crippen LogP contribution is 2.28. The molecule has 3 heterocycles. The Morgan fingerprint density at radius 1 is 1.27 bits per heavy atom. The molecule has 3 rings (SSSR count). The molecule has 0 atom stereocenters. The van der Waals surface area contributed by atoms with Gasteiger partial charge in [-0.1, -0.05) is 6.07 Å². The lowest BCUT2D eigenvalue weighted by Crippen LogP contribution is -2.62. The van der Waals surface area contributed by atoms with Crippen LogP contribution in [-0.4, -0.2) is 51.4 Å². The topological polar surface area (TPSA) is 61.7 Å². The summed E-state index contributed by atoms with van der Waals surface area (Å²) in [6.45, 7) is 9.42. The van der Waals surface area contributed by atoms with E-state index in [0.717, 1.165) is 24.2 Å². The maximum atomic E-state index is 13.1. The molecule has 0 radical (unpaired) electrons. The van der Waals surface area contributed by atoms with E-state index in [1.165, 1.54) is 0 Å². The molecule has 0 unspecified atom stereocenters. The number of imidazole rings is 1. The van der Waals surface area contributed by atoms with Crippen LogP contribution in [0.25, 0.3) is 5.65 Å². The van der Waals surface area contributed by atoms with Gasteiger partial charge in [-0.15, -0.1) is 0 Å². The van der Waals surface area contributed by atoms with E-state index in [1.807, 2.05) is 42.9 Å². The van der Waals surface area contributed by atoms with Crippen LogP contribution in [0, 0.1) is 0 Å². The Morgan fingerprint density at radius 2 is 1.92 bits per heavy atom. The molecule has 0 aliphatic carbocycles. The van der Waals surface area contributed by atoms with Crippen LogP contribution in [0.15, 0.2) is 24.4 Å². The standard InChI is InChI=1S/C20H31N5O/c1-19(2)11-14(12-20(3,4)23-19)21-18(26)17-15(13-24(5)6)25-10-8-7-9-16(25)22-17/h7-10,14,23H,11-13H2,1-6H3,(H,21,26). The second-order valence-electron chi connectivity index (χ2n) is 9.05. The summed E-state index contributed by atoms with van der Waals surface area (Å²) >= 11 is 0. The lowest BCUT2D eigenvalue weighted by atomic mass is 9.79. The van der Waals surface area contributed by atoms with Gasteiger partial charge in [-0.25, -0.2) is 4.98 Å². The molecule has 6 heteroatoms. The number of pyridine rings is 1. The van der Waals surface area contributed by atoms with E-state index in [2.05, 4.69) is 48.2 Å². The molecule has 142 valence electrons. The largest absolute Gasteiger partial charge is 0.348 e. The van der Waals surface area contributed by atoms with Crippen molar-refractivity contribution in [3.8, 4) is 0 Å². The average Bonchev–Trinajstić information content (AvgIpc) is 2.82. The van der Waals surface area contributed by atoms with Crippen LogP contribution < -0.4 is 10.6 Å².